The maximum absolute atomic E-state index is 11.5. The van der Waals surface area contributed by atoms with Gasteiger partial charge in [-0.25, -0.2) is 0 Å². The third kappa shape index (κ3) is 2.85. The van der Waals surface area contributed by atoms with Gasteiger partial charge >= 0.3 is 0 Å². The lowest BCUT2D eigenvalue weighted by molar-refractivity contribution is 0.0797. The molecule has 0 atom stereocenters. The molecule has 76 valence electrons. The highest BCUT2D eigenvalue weighted by molar-refractivity contribution is 5.95. The standard InChI is InChI=1S/C11H15NO2/c1-3-4-8-14-9-11(13)10-6-5-7-12(10)2/h3-7H,8-9H2,1-2H3. The van der Waals surface area contributed by atoms with Gasteiger partial charge in [-0.15, -0.1) is 0 Å². The average Bonchev–Trinajstić information content (AvgIpc) is 2.59. The molecule has 0 aliphatic rings. The van der Waals surface area contributed by atoms with Crippen molar-refractivity contribution in [3.05, 3.63) is 36.2 Å². The molecule has 0 aliphatic carbocycles. The first-order valence-corrected chi connectivity index (χ1v) is 4.59. The summed E-state index contributed by atoms with van der Waals surface area (Å²) in [4.78, 5) is 11.5. The fourth-order valence-electron chi connectivity index (χ4n) is 1.14. The third-order valence-corrected chi connectivity index (χ3v) is 1.91. The number of nitrogens with zero attached hydrogens (tertiary/aromatic N) is 1. The highest BCUT2D eigenvalue weighted by Gasteiger charge is 2.07. The fraction of sp³-hybridized carbons (Fsp3) is 0.364. The van der Waals surface area contributed by atoms with Gasteiger partial charge in [0.1, 0.15) is 6.61 Å². The molecule has 0 radical (unpaired) electrons. The number of allylic oxidation sites excluding steroid dienone is 1. The lowest BCUT2D eigenvalue weighted by Gasteiger charge is -2.02. The zero-order valence-corrected chi connectivity index (χ0v) is 8.56. The number of hydrogen-bond donors (Lipinski definition) is 0. The van der Waals surface area contributed by atoms with Gasteiger partial charge in [-0.05, 0) is 19.1 Å². The summed E-state index contributed by atoms with van der Waals surface area (Å²) in [6.45, 7) is 2.55. The molecule has 0 aromatic carbocycles. The fourth-order valence-corrected chi connectivity index (χ4v) is 1.14. The first-order valence-electron chi connectivity index (χ1n) is 4.59. The van der Waals surface area contributed by atoms with Gasteiger partial charge in [0.25, 0.3) is 0 Å². The molecule has 1 rings (SSSR count). The lowest BCUT2D eigenvalue weighted by atomic mass is 10.3. The second-order valence-electron chi connectivity index (χ2n) is 3.01. The molecule has 0 aliphatic heterocycles. The van der Waals surface area contributed by atoms with Crippen LogP contribution >= 0.6 is 0 Å². The number of hydrogen-bond acceptors (Lipinski definition) is 2. The first-order chi connectivity index (χ1) is 6.75. The van der Waals surface area contributed by atoms with Gasteiger partial charge in [0.05, 0.1) is 12.3 Å². The number of Topliss-reactive ketones (excluding diaryl/α,β-unsaturated/α-hetero) is 1. The molecule has 0 bridgehead atoms. The smallest absolute Gasteiger partial charge is 0.204 e. The molecule has 0 spiro atoms. The maximum atomic E-state index is 11.5. The highest BCUT2D eigenvalue weighted by Crippen LogP contribution is 2.00. The van der Waals surface area contributed by atoms with Crippen molar-refractivity contribution in [2.45, 2.75) is 6.92 Å². The van der Waals surface area contributed by atoms with Crippen molar-refractivity contribution in [1.82, 2.24) is 4.57 Å². The van der Waals surface area contributed by atoms with E-state index < -0.39 is 0 Å². The van der Waals surface area contributed by atoms with Crippen LogP contribution < -0.4 is 0 Å². The molecular weight excluding hydrogens is 178 g/mol. The molecule has 1 aromatic heterocycles. The van der Waals surface area contributed by atoms with Gasteiger partial charge in [-0.1, -0.05) is 12.2 Å². The van der Waals surface area contributed by atoms with E-state index in [2.05, 4.69) is 0 Å². The van der Waals surface area contributed by atoms with E-state index in [0.29, 0.717) is 12.3 Å². The molecule has 0 N–H and O–H groups in total. The summed E-state index contributed by atoms with van der Waals surface area (Å²) in [6, 6.07) is 3.64. The Bertz CT molecular complexity index is 326. The van der Waals surface area contributed by atoms with Crippen molar-refractivity contribution in [2.75, 3.05) is 13.2 Å². The Hall–Kier alpha value is -1.35. The molecule has 14 heavy (non-hydrogen) atoms. The van der Waals surface area contributed by atoms with Crippen LogP contribution in [0.1, 0.15) is 17.4 Å². The Morgan fingerprint density at radius 3 is 3.00 bits per heavy atom. The first kappa shape index (κ1) is 10.7. The van der Waals surface area contributed by atoms with Crippen molar-refractivity contribution in [3.63, 3.8) is 0 Å². The van der Waals surface area contributed by atoms with Gasteiger partial charge in [-0.3, -0.25) is 4.79 Å². The van der Waals surface area contributed by atoms with Gasteiger partial charge < -0.3 is 9.30 Å². The van der Waals surface area contributed by atoms with Gasteiger partial charge in [0, 0.05) is 13.2 Å². The second-order valence-corrected chi connectivity index (χ2v) is 3.01. The lowest BCUT2D eigenvalue weighted by Crippen LogP contribution is -2.12. The number of ketones is 1. The summed E-state index contributed by atoms with van der Waals surface area (Å²) in [5, 5.41) is 0. The molecule has 3 nitrogen and oxygen atoms in total. The Morgan fingerprint density at radius 2 is 2.43 bits per heavy atom. The average molecular weight is 193 g/mol. The topological polar surface area (TPSA) is 31.2 Å². The van der Waals surface area contributed by atoms with E-state index in [9.17, 15) is 4.79 Å². The quantitative estimate of drug-likeness (QED) is 0.405. The van der Waals surface area contributed by atoms with Gasteiger partial charge in [0.15, 0.2) is 0 Å². The second kappa shape index (κ2) is 5.40. The van der Waals surface area contributed by atoms with Crippen molar-refractivity contribution in [2.24, 2.45) is 7.05 Å². The number of aryl methyl sites for hydroxylation is 1. The molecule has 0 amide bonds. The largest absolute Gasteiger partial charge is 0.369 e. The Balaban J connectivity index is 2.40. The SMILES string of the molecule is CC=CCOCC(=O)c1cccn1C. The third-order valence-electron chi connectivity index (χ3n) is 1.91. The van der Waals surface area contributed by atoms with E-state index >= 15 is 0 Å². The van der Waals surface area contributed by atoms with Crippen molar-refractivity contribution in [3.8, 4) is 0 Å². The molecule has 1 heterocycles. The maximum Gasteiger partial charge on any atom is 0.204 e. The van der Waals surface area contributed by atoms with Crippen LogP contribution in [0.2, 0.25) is 0 Å². The normalized spacial score (nSPS) is 11.0. The molecule has 3 heteroatoms. The summed E-state index contributed by atoms with van der Waals surface area (Å²) in [5.41, 5.74) is 0.686. The summed E-state index contributed by atoms with van der Waals surface area (Å²) < 4.78 is 6.96. The van der Waals surface area contributed by atoms with Crippen molar-refractivity contribution < 1.29 is 9.53 Å². The van der Waals surface area contributed by atoms with Crippen molar-refractivity contribution in [1.29, 1.82) is 0 Å². The van der Waals surface area contributed by atoms with Crippen LogP contribution in [-0.4, -0.2) is 23.6 Å². The van der Waals surface area contributed by atoms with E-state index in [4.69, 9.17) is 4.74 Å². The minimum absolute atomic E-state index is 0.0157. The van der Waals surface area contributed by atoms with Crippen LogP contribution in [0.4, 0.5) is 0 Å². The Kier molecular flexibility index (Phi) is 4.13. The van der Waals surface area contributed by atoms with E-state index in [1.54, 1.807) is 10.6 Å². The molecule has 1 aromatic rings. The molecule has 0 unspecified atom stereocenters. The zero-order chi connectivity index (χ0) is 10.4. The molecular formula is C11H15NO2. The van der Waals surface area contributed by atoms with Gasteiger partial charge in [0.2, 0.25) is 5.78 Å². The minimum Gasteiger partial charge on any atom is -0.369 e. The minimum atomic E-state index is 0.0157. The molecule has 0 saturated carbocycles. The summed E-state index contributed by atoms with van der Waals surface area (Å²) in [5.74, 6) is 0.0157. The van der Waals surface area contributed by atoms with E-state index in [1.165, 1.54) is 0 Å². The van der Waals surface area contributed by atoms with Crippen molar-refractivity contribution >= 4 is 5.78 Å². The Morgan fingerprint density at radius 1 is 1.64 bits per heavy atom. The van der Waals surface area contributed by atoms with Crippen LogP contribution in [0.25, 0.3) is 0 Å². The number of rotatable bonds is 5. The predicted octanol–water partition coefficient (Wildman–Crippen LogP) is 1.80. The van der Waals surface area contributed by atoms with Crippen LogP contribution in [-0.2, 0) is 11.8 Å². The number of aromatic nitrogens is 1. The predicted molar refractivity (Wildman–Crippen MR) is 55.4 cm³/mol. The van der Waals surface area contributed by atoms with E-state index in [-0.39, 0.29) is 12.4 Å². The zero-order valence-electron chi connectivity index (χ0n) is 8.56. The van der Waals surface area contributed by atoms with E-state index in [0.717, 1.165) is 0 Å². The summed E-state index contributed by atoms with van der Waals surface area (Å²) >= 11 is 0. The van der Waals surface area contributed by atoms with Crippen LogP contribution in [0.15, 0.2) is 30.5 Å². The highest BCUT2D eigenvalue weighted by atomic mass is 16.5. The monoisotopic (exact) mass is 193 g/mol. The number of carbonyl (C=O) groups excluding carboxylic acids is 1. The number of carbonyl (C=O) groups is 1. The summed E-state index contributed by atoms with van der Waals surface area (Å²) in [6.07, 6.45) is 5.62. The van der Waals surface area contributed by atoms with Crippen LogP contribution in [0.5, 0.6) is 0 Å². The van der Waals surface area contributed by atoms with Gasteiger partial charge in [-0.2, -0.15) is 0 Å². The Labute approximate surface area is 84.0 Å². The van der Waals surface area contributed by atoms with Crippen LogP contribution in [0, 0.1) is 0 Å². The van der Waals surface area contributed by atoms with E-state index in [1.807, 2.05) is 38.4 Å². The summed E-state index contributed by atoms with van der Waals surface area (Å²) in [7, 11) is 1.85. The molecule has 0 fully saturated rings. The number of ether oxygens (including phenoxy) is 1. The van der Waals surface area contributed by atoms with Crippen LogP contribution in [0.3, 0.4) is 0 Å². The molecule has 0 saturated heterocycles.